The molecule has 1 N–H and O–H groups in total. The molecule has 1 aromatic rings. The number of nitrogens with zero attached hydrogens (tertiary/aromatic N) is 1. The average molecular weight is 273 g/mol. The number of piperidine rings is 1. The first-order chi connectivity index (χ1) is 9.63. The maximum atomic E-state index is 12.2. The molecule has 2 aliphatic rings. The summed E-state index contributed by atoms with van der Waals surface area (Å²) in [7, 11) is 0. The van der Waals surface area contributed by atoms with Crippen LogP contribution in [0.2, 0.25) is 0 Å². The van der Waals surface area contributed by atoms with Crippen molar-refractivity contribution in [1.29, 1.82) is 0 Å². The minimum absolute atomic E-state index is 0.128. The number of hydrogen-bond donors (Lipinski definition) is 1. The molecule has 108 valence electrons. The maximum absolute atomic E-state index is 12.2. The SMILES string of the molecule is Cc1ccc(C(=O)CCN2C3CCC2CC(O)C3)cc1. The maximum Gasteiger partial charge on any atom is 0.164 e. The molecular weight excluding hydrogens is 250 g/mol. The van der Waals surface area contributed by atoms with Crippen LogP contribution >= 0.6 is 0 Å². The van der Waals surface area contributed by atoms with Crippen molar-refractivity contribution in [3.8, 4) is 0 Å². The van der Waals surface area contributed by atoms with Crippen molar-refractivity contribution in [2.24, 2.45) is 0 Å². The summed E-state index contributed by atoms with van der Waals surface area (Å²) >= 11 is 0. The Balaban J connectivity index is 1.57. The Labute approximate surface area is 120 Å². The van der Waals surface area contributed by atoms with E-state index in [9.17, 15) is 9.90 Å². The molecule has 20 heavy (non-hydrogen) atoms. The fourth-order valence-corrected chi connectivity index (χ4v) is 3.72. The van der Waals surface area contributed by atoms with Gasteiger partial charge in [0.25, 0.3) is 0 Å². The molecule has 0 saturated carbocycles. The lowest BCUT2D eigenvalue weighted by molar-refractivity contribution is 0.0349. The van der Waals surface area contributed by atoms with E-state index in [1.165, 1.54) is 18.4 Å². The number of aliphatic hydroxyl groups is 1. The minimum atomic E-state index is -0.128. The Morgan fingerprint density at radius 2 is 1.80 bits per heavy atom. The number of carbonyl (C=O) groups is 1. The molecule has 2 fully saturated rings. The van der Waals surface area contributed by atoms with Gasteiger partial charge in [-0.15, -0.1) is 0 Å². The van der Waals surface area contributed by atoms with Crippen LogP contribution < -0.4 is 0 Å². The lowest BCUT2D eigenvalue weighted by atomic mass is 9.99. The van der Waals surface area contributed by atoms with Crippen molar-refractivity contribution in [3.05, 3.63) is 35.4 Å². The number of carbonyl (C=O) groups excluding carboxylic acids is 1. The molecule has 2 atom stereocenters. The normalized spacial score (nSPS) is 29.6. The Morgan fingerprint density at radius 1 is 1.20 bits per heavy atom. The average Bonchev–Trinajstić information content (AvgIpc) is 2.67. The van der Waals surface area contributed by atoms with E-state index < -0.39 is 0 Å². The second-order valence-corrected chi connectivity index (χ2v) is 6.29. The van der Waals surface area contributed by atoms with Gasteiger partial charge in [0.05, 0.1) is 6.10 Å². The smallest absolute Gasteiger partial charge is 0.164 e. The molecule has 2 heterocycles. The third-order valence-corrected chi connectivity index (χ3v) is 4.83. The Morgan fingerprint density at radius 3 is 2.40 bits per heavy atom. The Kier molecular flexibility index (Phi) is 3.90. The molecule has 3 rings (SSSR count). The predicted molar refractivity (Wildman–Crippen MR) is 78.9 cm³/mol. The summed E-state index contributed by atoms with van der Waals surface area (Å²) < 4.78 is 0. The molecule has 0 amide bonds. The summed E-state index contributed by atoms with van der Waals surface area (Å²) in [6, 6.07) is 8.82. The van der Waals surface area contributed by atoms with E-state index in [-0.39, 0.29) is 11.9 Å². The number of aliphatic hydroxyl groups excluding tert-OH is 1. The summed E-state index contributed by atoms with van der Waals surface area (Å²) in [5, 5.41) is 9.80. The first-order valence-electron chi connectivity index (χ1n) is 7.67. The molecule has 0 radical (unpaired) electrons. The molecule has 2 unspecified atom stereocenters. The molecule has 3 nitrogen and oxygen atoms in total. The van der Waals surface area contributed by atoms with E-state index in [0.29, 0.717) is 18.5 Å². The predicted octanol–water partition coefficient (Wildman–Crippen LogP) is 2.56. The van der Waals surface area contributed by atoms with Gasteiger partial charge in [0.1, 0.15) is 0 Å². The highest BCUT2D eigenvalue weighted by Gasteiger charge is 2.39. The summed E-state index contributed by atoms with van der Waals surface area (Å²) in [6.07, 6.45) is 4.59. The zero-order valence-electron chi connectivity index (χ0n) is 12.1. The number of Topliss-reactive ketones (excluding diaryl/α,β-unsaturated/α-hetero) is 1. The number of fused-ring (bicyclic) bond motifs is 2. The van der Waals surface area contributed by atoms with Crippen LogP contribution in [0.4, 0.5) is 0 Å². The molecule has 0 aliphatic carbocycles. The van der Waals surface area contributed by atoms with Crippen molar-refractivity contribution >= 4 is 5.78 Å². The van der Waals surface area contributed by atoms with Gasteiger partial charge in [-0.05, 0) is 32.6 Å². The largest absolute Gasteiger partial charge is 0.393 e. The fourth-order valence-electron chi connectivity index (χ4n) is 3.72. The lowest BCUT2D eigenvalue weighted by Gasteiger charge is -2.37. The number of hydrogen-bond acceptors (Lipinski definition) is 3. The van der Waals surface area contributed by atoms with Crippen molar-refractivity contribution < 1.29 is 9.90 Å². The third kappa shape index (κ3) is 2.79. The second kappa shape index (κ2) is 5.66. The summed E-state index contributed by atoms with van der Waals surface area (Å²) in [6.45, 7) is 2.87. The van der Waals surface area contributed by atoms with Crippen LogP contribution in [-0.2, 0) is 0 Å². The van der Waals surface area contributed by atoms with Crippen molar-refractivity contribution in [2.45, 2.75) is 57.2 Å². The van der Waals surface area contributed by atoms with Crippen LogP contribution in [0.5, 0.6) is 0 Å². The highest BCUT2D eigenvalue weighted by Crippen LogP contribution is 2.35. The summed E-state index contributed by atoms with van der Waals surface area (Å²) in [4.78, 5) is 14.7. The van der Waals surface area contributed by atoms with Crippen LogP contribution in [0.3, 0.4) is 0 Å². The lowest BCUT2D eigenvalue weighted by Crippen LogP contribution is -2.45. The molecular formula is C17H23NO2. The monoisotopic (exact) mass is 273 g/mol. The van der Waals surface area contributed by atoms with Crippen molar-refractivity contribution in [3.63, 3.8) is 0 Å². The summed E-state index contributed by atoms with van der Waals surface area (Å²) in [5.41, 5.74) is 2.00. The zero-order chi connectivity index (χ0) is 14.1. The van der Waals surface area contributed by atoms with Crippen LogP contribution in [0.1, 0.15) is 48.0 Å². The summed E-state index contributed by atoms with van der Waals surface area (Å²) in [5.74, 6) is 0.232. The van der Waals surface area contributed by atoms with Gasteiger partial charge in [0, 0.05) is 30.6 Å². The van der Waals surface area contributed by atoms with Gasteiger partial charge in [-0.3, -0.25) is 9.69 Å². The molecule has 1 aromatic carbocycles. The fraction of sp³-hybridized carbons (Fsp3) is 0.588. The van der Waals surface area contributed by atoms with Gasteiger partial charge < -0.3 is 5.11 Å². The molecule has 0 aromatic heterocycles. The van der Waals surface area contributed by atoms with Crippen LogP contribution in [0.25, 0.3) is 0 Å². The molecule has 0 spiro atoms. The minimum Gasteiger partial charge on any atom is -0.393 e. The number of rotatable bonds is 4. The van der Waals surface area contributed by atoms with Crippen LogP contribution in [0.15, 0.2) is 24.3 Å². The first-order valence-corrected chi connectivity index (χ1v) is 7.67. The van der Waals surface area contributed by atoms with E-state index in [4.69, 9.17) is 0 Å². The standard InChI is InChI=1S/C17H23NO2/c1-12-2-4-13(5-3-12)17(20)8-9-18-14-6-7-15(18)11-16(19)10-14/h2-5,14-16,19H,6-11H2,1H3. The Bertz CT molecular complexity index is 468. The molecule has 2 aliphatic heterocycles. The van der Waals surface area contributed by atoms with E-state index in [0.717, 1.165) is 24.9 Å². The van der Waals surface area contributed by atoms with Gasteiger partial charge in [-0.1, -0.05) is 29.8 Å². The topological polar surface area (TPSA) is 40.5 Å². The van der Waals surface area contributed by atoms with Gasteiger partial charge in [-0.25, -0.2) is 0 Å². The van der Waals surface area contributed by atoms with Gasteiger partial charge in [-0.2, -0.15) is 0 Å². The molecule has 2 saturated heterocycles. The number of ketones is 1. The highest BCUT2D eigenvalue weighted by molar-refractivity contribution is 5.96. The highest BCUT2D eigenvalue weighted by atomic mass is 16.3. The van der Waals surface area contributed by atoms with E-state index in [1.54, 1.807) is 0 Å². The third-order valence-electron chi connectivity index (χ3n) is 4.83. The van der Waals surface area contributed by atoms with Crippen molar-refractivity contribution in [1.82, 2.24) is 4.90 Å². The van der Waals surface area contributed by atoms with Crippen molar-refractivity contribution in [2.75, 3.05) is 6.54 Å². The van der Waals surface area contributed by atoms with E-state index in [1.807, 2.05) is 31.2 Å². The van der Waals surface area contributed by atoms with E-state index in [2.05, 4.69) is 4.90 Å². The zero-order valence-corrected chi connectivity index (χ0v) is 12.1. The molecule has 3 heteroatoms. The molecule has 2 bridgehead atoms. The number of benzene rings is 1. The van der Waals surface area contributed by atoms with E-state index >= 15 is 0 Å². The van der Waals surface area contributed by atoms with Gasteiger partial charge >= 0.3 is 0 Å². The van der Waals surface area contributed by atoms with Gasteiger partial charge in [0.15, 0.2) is 5.78 Å². The van der Waals surface area contributed by atoms with Crippen LogP contribution in [0, 0.1) is 6.92 Å². The Hall–Kier alpha value is -1.19. The number of aryl methyl sites for hydroxylation is 1. The second-order valence-electron chi connectivity index (χ2n) is 6.29. The first kappa shape index (κ1) is 13.8. The van der Waals surface area contributed by atoms with Crippen LogP contribution in [-0.4, -0.2) is 40.5 Å². The quantitative estimate of drug-likeness (QED) is 0.857. The van der Waals surface area contributed by atoms with Gasteiger partial charge in [0.2, 0.25) is 0 Å².